The summed E-state index contributed by atoms with van der Waals surface area (Å²) in [5.41, 5.74) is 0.714. The van der Waals surface area contributed by atoms with Gasteiger partial charge in [-0.3, -0.25) is 4.79 Å². The van der Waals surface area contributed by atoms with E-state index in [1.165, 1.54) is 12.3 Å². The molecule has 6 heteroatoms. The predicted octanol–water partition coefficient (Wildman–Crippen LogP) is 5.12. The van der Waals surface area contributed by atoms with Crippen LogP contribution in [0.3, 0.4) is 0 Å². The van der Waals surface area contributed by atoms with E-state index in [1.54, 1.807) is 18.2 Å². The summed E-state index contributed by atoms with van der Waals surface area (Å²) in [5, 5.41) is 1.45. The maximum atomic E-state index is 12.1. The maximum Gasteiger partial charge on any atom is 0.187 e. The minimum atomic E-state index is -0.267. The Hall–Kier alpha value is -0.800. The molecule has 2 rings (SSSR count). The summed E-state index contributed by atoms with van der Waals surface area (Å²) in [5.74, 6) is -0.267. The molecule has 0 aliphatic carbocycles. The number of aromatic nitrogens is 1. The second-order valence-electron chi connectivity index (χ2n) is 3.78. The Balaban J connectivity index is 2.31. The van der Waals surface area contributed by atoms with Crippen LogP contribution in [0, 0.1) is 0 Å². The Morgan fingerprint density at radius 1 is 1.05 bits per heavy atom. The van der Waals surface area contributed by atoms with Crippen molar-refractivity contribution in [2.24, 2.45) is 0 Å². The number of hydrogen-bond donors (Lipinski definition) is 0. The highest BCUT2D eigenvalue weighted by atomic mass is 35.5. The Kier molecular flexibility index (Phi) is 4.69. The Bertz CT molecular complexity index is 622. The number of halogens is 4. The van der Waals surface area contributed by atoms with E-state index >= 15 is 0 Å². The maximum absolute atomic E-state index is 12.1. The quantitative estimate of drug-likeness (QED) is 0.729. The molecule has 0 saturated carbocycles. The average Bonchev–Trinajstić information content (AvgIpc) is 2.33. The molecule has 1 heterocycles. The van der Waals surface area contributed by atoms with Gasteiger partial charge in [0, 0.05) is 22.7 Å². The van der Waals surface area contributed by atoms with Gasteiger partial charge in [-0.25, -0.2) is 4.98 Å². The number of rotatable bonds is 3. The zero-order valence-corrected chi connectivity index (χ0v) is 12.5. The highest BCUT2D eigenvalue weighted by molar-refractivity contribution is 6.37. The minimum Gasteiger partial charge on any atom is -0.292 e. The molecule has 0 amide bonds. The number of carbonyl (C=O) groups excluding carboxylic acids is 1. The van der Waals surface area contributed by atoms with Crippen molar-refractivity contribution in [1.29, 1.82) is 0 Å². The fourth-order valence-electron chi connectivity index (χ4n) is 1.57. The van der Waals surface area contributed by atoms with Gasteiger partial charge in [-0.1, -0.05) is 52.5 Å². The molecule has 1 aromatic heterocycles. The molecule has 2 nitrogen and oxygen atoms in total. The third kappa shape index (κ3) is 3.40. The molecule has 0 aliphatic rings. The van der Waals surface area contributed by atoms with Crippen molar-refractivity contribution in [1.82, 2.24) is 4.98 Å². The molecule has 19 heavy (non-hydrogen) atoms. The fourth-order valence-corrected chi connectivity index (χ4v) is 2.58. The molecule has 0 radical (unpaired) electrons. The fraction of sp³-hybridized carbons (Fsp3) is 0.0769. The summed E-state index contributed by atoms with van der Waals surface area (Å²) in [4.78, 5) is 16.1. The van der Waals surface area contributed by atoms with Crippen LogP contribution in [0.25, 0.3) is 0 Å². The zero-order chi connectivity index (χ0) is 14.0. The van der Waals surface area contributed by atoms with Gasteiger partial charge in [-0.05, 0) is 23.8 Å². The van der Waals surface area contributed by atoms with Gasteiger partial charge in [-0.15, -0.1) is 0 Å². The molecule has 0 atom stereocenters. The summed E-state index contributed by atoms with van der Waals surface area (Å²) in [7, 11) is 0. The summed E-state index contributed by atoms with van der Waals surface area (Å²) in [6.45, 7) is 0. The van der Waals surface area contributed by atoms with Crippen LogP contribution >= 0.6 is 46.4 Å². The highest BCUT2D eigenvalue weighted by Gasteiger charge is 2.16. The van der Waals surface area contributed by atoms with Crippen LogP contribution in [-0.2, 0) is 6.42 Å². The van der Waals surface area contributed by atoms with Gasteiger partial charge in [0.05, 0.1) is 10.0 Å². The van der Waals surface area contributed by atoms with E-state index in [2.05, 4.69) is 4.98 Å². The first-order valence-corrected chi connectivity index (χ1v) is 6.77. The lowest BCUT2D eigenvalue weighted by molar-refractivity contribution is 0.0988. The van der Waals surface area contributed by atoms with E-state index in [1.807, 2.05) is 0 Å². The van der Waals surface area contributed by atoms with Gasteiger partial charge in [-0.2, -0.15) is 0 Å². The van der Waals surface area contributed by atoms with Crippen molar-refractivity contribution in [3.8, 4) is 0 Å². The number of Topliss-reactive ketones (excluding diaryl/α,β-unsaturated/α-hetero) is 1. The van der Waals surface area contributed by atoms with Crippen molar-refractivity contribution in [2.45, 2.75) is 6.42 Å². The SMILES string of the molecule is O=C(Cc1c(Cl)cccc1Cl)c1ncc(Cl)cc1Cl. The van der Waals surface area contributed by atoms with Gasteiger partial charge < -0.3 is 0 Å². The standard InChI is InChI=1S/C13H7Cl4NO/c14-7-4-11(17)13(18-6-7)12(19)5-8-9(15)2-1-3-10(8)16/h1-4,6H,5H2. The van der Waals surface area contributed by atoms with Crippen molar-refractivity contribution in [3.05, 3.63) is 61.8 Å². The van der Waals surface area contributed by atoms with Gasteiger partial charge >= 0.3 is 0 Å². The predicted molar refractivity (Wildman–Crippen MR) is 78.8 cm³/mol. The number of carbonyl (C=O) groups is 1. The van der Waals surface area contributed by atoms with Crippen LogP contribution in [-0.4, -0.2) is 10.8 Å². The largest absolute Gasteiger partial charge is 0.292 e. The van der Waals surface area contributed by atoms with E-state index in [-0.39, 0.29) is 22.9 Å². The molecule has 0 spiro atoms. The van der Waals surface area contributed by atoms with Crippen molar-refractivity contribution < 1.29 is 4.79 Å². The molecule has 0 N–H and O–H groups in total. The van der Waals surface area contributed by atoms with Crippen LogP contribution in [0.1, 0.15) is 16.1 Å². The molecule has 2 aromatic rings. The van der Waals surface area contributed by atoms with Crippen molar-refractivity contribution in [2.75, 3.05) is 0 Å². The normalized spacial score (nSPS) is 10.5. The zero-order valence-electron chi connectivity index (χ0n) is 9.46. The number of pyridine rings is 1. The molecule has 0 aliphatic heterocycles. The number of ketones is 1. The molecule has 0 unspecified atom stereocenters. The lowest BCUT2D eigenvalue weighted by Crippen LogP contribution is -2.07. The van der Waals surface area contributed by atoms with E-state index < -0.39 is 0 Å². The topological polar surface area (TPSA) is 30.0 Å². The van der Waals surface area contributed by atoms with Crippen molar-refractivity contribution in [3.63, 3.8) is 0 Å². The van der Waals surface area contributed by atoms with Gasteiger partial charge in [0.1, 0.15) is 5.69 Å². The second kappa shape index (κ2) is 6.10. The number of hydrogen-bond acceptors (Lipinski definition) is 2. The van der Waals surface area contributed by atoms with Crippen LogP contribution < -0.4 is 0 Å². The molecule has 0 fully saturated rings. The highest BCUT2D eigenvalue weighted by Crippen LogP contribution is 2.27. The lowest BCUT2D eigenvalue weighted by Gasteiger charge is -2.07. The Labute approximate surface area is 130 Å². The molecular weight excluding hydrogens is 328 g/mol. The van der Waals surface area contributed by atoms with E-state index in [4.69, 9.17) is 46.4 Å². The van der Waals surface area contributed by atoms with Crippen LogP contribution in [0.4, 0.5) is 0 Å². The van der Waals surface area contributed by atoms with Crippen LogP contribution in [0.5, 0.6) is 0 Å². The lowest BCUT2D eigenvalue weighted by atomic mass is 10.1. The second-order valence-corrected chi connectivity index (χ2v) is 5.44. The first-order valence-electron chi connectivity index (χ1n) is 5.26. The summed E-state index contributed by atoms with van der Waals surface area (Å²) < 4.78 is 0. The van der Waals surface area contributed by atoms with Gasteiger partial charge in [0.15, 0.2) is 5.78 Å². The molecule has 98 valence electrons. The van der Waals surface area contributed by atoms with Gasteiger partial charge in [0.25, 0.3) is 0 Å². The molecule has 0 bridgehead atoms. The average molecular weight is 335 g/mol. The third-order valence-electron chi connectivity index (χ3n) is 2.47. The number of benzene rings is 1. The van der Waals surface area contributed by atoms with E-state index in [0.717, 1.165) is 0 Å². The summed E-state index contributed by atoms with van der Waals surface area (Å²) in [6.07, 6.45) is 1.40. The first-order chi connectivity index (χ1) is 8.99. The van der Waals surface area contributed by atoms with Crippen LogP contribution in [0.15, 0.2) is 30.5 Å². The first kappa shape index (κ1) is 14.6. The molecule has 0 saturated heterocycles. The smallest absolute Gasteiger partial charge is 0.187 e. The number of nitrogens with zero attached hydrogens (tertiary/aromatic N) is 1. The molecular formula is C13H7Cl4NO. The van der Waals surface area contributed by atoms with E-state index in [9.17, 15) is 4.79 Å². The van der Waals surface area contributed by atoms with Crippen LogP contribution in [0.2, 0.25) is 20.1 Å². The summed E-state index contributed by atoms with van der Waals surface area (Å²) in [6, 6.07) is 6.53. The molecule has 1 aromatic carbocycles. The monoisotopic (exact) mass is 333 g/mol. The Morgan fingerprint density at radius 3 is 2.26 bits per heavy atom. The Morgan fingerprint density at radius 2 is 1.68 bits per heavy atom. The summed E-state index contributed by atoms with van der Waals surface area (Å²) >= 11 is 23.7. The van der Waals surface area contributed by atoms with Gasteiger partial charge in [0.2, 0.25) is 0 Å². The third-order valence-corrected chi connectivity index (χ3v) is 3.67. The van der Waals surface area contributed by atoms with Crippen molar-refractivity contribution >= 4 is 52.2 Å². The minimum absolute atomic E-state index is 0.0346. The van der Waals surface area contributed by atoms with E-state index in [0.29, 0.717) is 20.6 Å².